The predicted molar refractivity (Wildman–Crippen MR) is 154 cm³/mol. The number of benzene rings is 1. The molecular weight excluding hydrogens is 502 g/mol. The summed E-state index contributed by atoms with van der Waals surface area (Å²) < 4.78 is 1.77. The van der Waals surface area contributed by atoms with E-state index >= 15 is 0 Å². The van der Waals surface area contributed by atoms with Crippen LogP contribution in [0, 0.1) is 6.92 Å². The maximum atomic E-state index is 12.4. The Bertz CT molecular complexity index is 1750. The van der Waals surface area contributed by atoms with Crippen LogP contribution in [-0.2, 0) is 11.2 Å². The number of amides is 1. The van der Waals surface area contributed by atoms with E-state index in [2.05, 4.69) is 74.1 Å². The molecule has 2 fully saturated rings. The standard InChI is InChI=1S/C30H29N9O/c1-3-28(40)39-23-6-7-24(39)16-37(15-23)26-9-8-25-29(36-26)30(33-17-31-25)35-22-5-4-21(19(2)12-22)13-20-10-11-38-27(14-20)32-18-34-38/h3-5,8-12,14,17-18,23-24H,1,6-7,13,15-16H2,2H3,(H,31,33,35). The molecule has 4 aromatic heterocycles. The van der Waals surface area contributed by atoms with Crippen molar-refractivity contribution >= 4 is 39.9 Å². The van der Waals surface area contributed by atoms with Gasteiger partial charge in [-0.3, -0.25) is 4.79 Å². The molecule has 1 amide bonds. The third-order valence-corrected chi connectivity index (χ3v) is 8.05. The van der Waals surface area contributed by atoms with E-state index in [-0.39, 0.29) is 18.0 Å². The van der Waals surface area contributed by atoms with Gasteiger partial charge in [0.25, 0.3) is 0 Å². The molecule has 2 aliphatic rings. The molecule has 0 radical (unpaired) electrons. The van der Waals surface area contributed by atoms with Crippen LogP contribution in [0.5, 0.6) is 0 Å². The van der Waals surface area contributed by atoms with Gasteiger partial charge in [-0.2, -0.15) is 5.10 Å². The van der Waals surface area contributed by atoms with E-state index in [1.54, 1.807) is 17.2 Å². The first-order valence-corrected chi connectivity index (χ1v) is 13.5. The van der Waals surface area contributed by atoms with Crippen molar-refractivity contribution < 1.29 is 4.79 Å². The first-order valence-electron chi connectivity index (χ1n) is 13.5. The maximum Gasteiger partial charge on any atom is 0.246 e. The lowest BCUT2D eigenvalue weighted by Gasteiger charge is -2.41. The van der Waals surface area contributed by atoms with Gasteiger partial charge in [0.05, 0.1) is 5.52 Å². The SMILES string of the molecule is C=CC(=O)N1C2CCC1CN(c1ccc3ncnc(Nc4ccc(Cc5ccn6ncnc6c5)c(C)c4)c3n1)C2. The molecule has 40 heavy (non-hydrogen) atoms. The van der Waals surface area contributed by atoms with Crippen LogP contribution < -0.4 is 10.2 Å². The summed E-state index contributed by atoms with van der Waals surface area (Å²) in [5.74, 6) is 1.57. The number of anilines is 3. The molecule has 2 bridgehead atoms. The average molecular weight is 532 g/mol. The Morgan fingerprint density at radius 2 is 1.90 bits per heavy atom. The molecule has 10 heteroatoms. The Kier molecular flexibility index (Phi) is 5.87. The van der Waals surface area contributed by atoms with Crippen molar-refractivity contribution in [1.82, 2.24) is 34.4 Å². The number of pyridine rings is 2. The van der Waals surface area contributed by atoms with E-state index in [1.807, 2.05) is 23.2 Å². The highest BCUT2D eigenvalue weighted by molar-refractivity contribution is 5.89. The first kappa shape index (κ1) is 24.2. The van der Waals surface area contributed by atoms with Crippen molar-refractivity contribution in [1.29, 1.82) is 0 Å². The third-order valence-electron chi connectivity index (χ3n) is 8.05. The van der Waals surface area contributed by atoms with Gasteiger partial charge in [0.1, 0.15) is 24.0 Å². The van der Waals surface area contributed by atoms with E-state index in [1.165, 1.54) is 22.8 Å². The Balaban J connectivity index is 1.12. The van der Waals surface area contributed by atoms with Crippen LogP contribution >= 0.6 is 0 Å². The Hall–Kier alpha value is -4.86. The van der Waals surface area contributed by atoms with Crippen LogP contribution in [0.1, 0.15) is 29.5 Å². The van der Waals surface area contributed by atoms with Gasteiger partial charge in [-0.15, -0.1) is 0 Å². The summed E-state index contributed by atoms with van der Waals surface area (Å²) in [4.78, 5) is 34.9. The van der Waals surface area contributed by atoms with Gasteiger partial charge >= 0.3 is 0 Å². The minimum Gasteiger partial charge on any atom is -0.352 e. The minimum absolute atomic E-state index is 0.0243. The van der Waals surface area contributed by atoms with Gasteiger partial charge < -0.3 is 15.1 Å². The van der Waals surface area contributed by atoms with Gasteiger partial charge in [-0.25, -0.2) is 24.5 Å². The lowest BCUT2D eigenvalue weighted by atomic mass is 10.0. The molecule has 1 aromatic carbocycles. The summed E-state index contributed by atoms with van der Waals surface area (Å²) in [6, 6.07) is 14.9. The number of carbonyl (C=O) groups is 1. The van der Waals surface area contributed by atoms with Crippen molar-refractivity contribution in [2.45, 2.75) is 38.3 Å². The quantitative estimate of drug-likeness (QED) is 0.327. The summed E-state index contributed by atoms with van der Waals surface area (Å²) >= 11 is 0. The number of nitrogens with zero attached hydrogens (tertiary/aromatic N) is 8. The molecule has 1 N–H and O–H groups in total. The number of piperazine rings is 1. The van der Waals surface area contributed by atoms with Gasteiger partial charge in [-0.1, -0.05) is 12.6 Å². The summed E-state index contributed by atoms with van der Waals surface area (Å²) in [7, 11) is 0. The normalized spacial score (nSPS) is 18.4. The highest BCUT2D eigenvalue weighted by Gasteiger charge is 2.42. The molecule has 0 saturated carbocycles. The second-order valence-corrected chi connectivity index (χ2v) is 10.5. The molecule has 6 heterocycles. The zero-order chi connectivity index (χ0) is 27.2. The van der Waals surface area contributed by atoms with Crippen molar-refractivity contribution in [2.75, 3.05) is 23.3 Å². The summed E-state index contributed by atoms with van der Waals surface area (Å²) in [5, 5.41) is 7.64. The predicted octanol–water partition coefficient (Wildman–Crippen LogP) is 4.08. The van der Waals surface area contributed by atoms with Gasteiger partial charge in [-0.05, 0) is 85.4 Å². The second-order valence-electron chi connectivity index (χ2n) is 10.5. The number of aryl methyl sites for hydroxylation is 1. The van der Waals surface area contributed by atoms with Gasteiger partial charge in [0.2, 0.25) is 5.91 Å². The van der Waals surface area contributed by atoms with Crippen LogP contribution in [-0.4, -0.2) is 65.5 Å². The van der Waals surface area contributed by atoms with Crippen LogP contribution in [0.4, 0.5) is 17.3 Å². The highest BCUT2D eigenvalue weighted by Crippen LogP contribution is 2.33. The molecule has 2 saturated heterocycles. The van der Waals surface area contributed by atoms with Gasteiger partial charge in [0, 0.05) is 37.1 Å². The highest BCUT2D eigenvalue weighted by atomic mass is 16.2. The Morgan fingerprint density at radius 3 is 2.70 bits per heavy atom. The molecule has 0 spiro atoms. The molecule has 2 atom stereocenters. The average Bonchev–Trinajstić information content (AvgIpc) is 3.54. The summed E-state index contributed by atoms with van der Waals surface area (Å²) in [6.07, 6.45) is 9.32. The van der Waals surface area contributed by atoms with Crippen LogP contribution in [0.3, 0.4) is 0 Å². The largest absolute Gasteiger partial charge is 0.352 e. The number of hydrogen-bond acceptors (Lipinski definition) is 8. The molecule has 5 aromatic rings. The van der Waals surface area contributed by atoms with E-state index < -0.39 is 0 Å². The topological polar surface area (TPSA) is 104 Å². The Morgan fingerprint density at radius 1 is 1.05 bits per heavy atom. The number of fused-ring (bicyclic) bond motifs is 4. The molecule has 2 unspecified atom stereocenters. The number of nitrogens with one attached hydrogen (secondary N) is 1. The maximum absolute atomic E-state index is 12.4. The third kappa shape index (κ3) is 4.31. The lowest BCUT2D eigenvalue weighted by molar-refractivity contribution is -0.129. The number of carbonyl (C=O) groups excluding carboxylic acids is 1. The molecule has 200 valence electrons. The molecule has 0 aliphatic carbocycles. The summed E-state index contributed by atoms with van der Waals surface area (Å²) in [5.41, 5.74) is 6.90. The number of aromatic nitrogens is 6. The molecular formula is C30H29N9O. The first-order chi connectivity index (χ1) is 19.6. The molecule has 2 aliphatic heterocycles. The second kappa shape index (κ2) is 9.71. The minimum atomic E-state index is 0.0243. The molecule has 10 nitrogen and oxygen atoms in total. The van der Waals surface area contributed by atoms with Crippen LogP contribution in [0.2, 0.25) is 0 Å². The fourth-order valence-corrected chi connectivity index (χ4v) is 6.05. The number of hydrogen-bond donors (Lipinski definition) is 1. The summed E-state index contributed by atoms with van der Waals surface area (Å²) in [6.45, 7) is 7.32. The Labute approximate surface area is 231 Å². The van der Waals surface area contributed by atoms with E-state index in [0.717, 1.165) is 60.5 Å². The fourth-order valence-electron chi connectivity index (χ4n) is 6.05. The van der Waals surface area contributed by atoms with Crippen LogP contribution in [0.15, 0.2) is 74.0 Å². The lowest BCUT2D eigenvalue weighted by Crippen LogP contribution is -2.55. The zero-order valence-electron chi connectivity index (χ0n) is 22.2. The van der Waals surface area contributed by atoms with Crippen molar-refractivity contribution in [3.63, 3.8) is 0 Å². The van der Waals surface area contributed by atoms with E-state index in [9.17, 15) is 4.79 Å². The van der Waals surface area contributed by atoms with Crippen molar-refractivity contribution in [3.05, 3.63) is 90.7 Å². The van der Waals surface area contributed by atoms with Crippen molar-refractivity contribution in [2.24, 2.45) is 0 Å². The fraction of sp³-hybridized carbons (Fsp3) is 0.267. The molecule has 7 rings (SSSR count). The van der Waals surface area contributed by atoms with E-state index in [4.69, 9.17) is 4.98 Å². The van der Waals surface area contributed by atoms with Crippen LogP contribution in [0.25, 0.3) is 16.7 Å². The van der Waals surface area contributed by atoms with Gasteiger partial charge in [0.15, 0.2) is 11.5 Å². The zero-order valence-corrected chi connectivity index (χ0v) is 22.2. The number of rotatable bonds is 6. The smallest absolute Gasteiger partial charge is 0.246 e. The van der Waals surface area contributed by atoms with Crippen molar-refractivity contribution in [3.8, 4) is 0 Å². The van der Waals surface area contributed by atoms with E-state index in [0.29, 0.717) is 5.82 Å². The monoisotopic (exact) mass is 531 g/mol.